The van der Waals surface area contributed by atoms with Crippen LogP contribution in [0.4, 0.5) is 0 Å². The van der Waals surface area contributed by atoms with Crippen molar-refractivity contribution in [2.24, 2.45) is 0 Å². The first-order valence-corrected chi connectivity index (χ1v) is 2.58. The van der Waals surface area contributed by atoms with E-state index in [1.54, 1.807) is 0 Å². The third kappa shape index (κ3) is 1.08. The molecule has 1 N–H and O–H groups in total. The molecule has 1 aliphatic heterocycles. The van der Waals surface area contributed by atoms with Gasteiger partial charge in [-0.25, -0.2) is 0 Å². The number of rotatable bonds is 0. The molecule has 0 saturated carbocycles. The lowest BCUT2D eigenvalue weighted by Gasteiger charge is -2.16. The number of amides is 2. The largest absolute Gasteiger partial charge is 0.279 e. The lowest BCUT2D eigenvalue weighted by molar-refractivity contribution is -0.180. The number of nitrogens with zero attached hydrogens (tertiary/aromatic N) is 1. The van der Waals surface area contributed by atoms with Crippen LogP contribution in [0, 0.1) is 6.42 Å². The van der Waals surface area contributed by atoms with Crippen LogP contribution in [0.2, 0.25) is 0 Å². The quantitative estimate of drug-likeness (QED) is 0.361. The van der Waals surface area contributed by atoms with Crippen LogP contribution < -0.4 is 0 Å². The molecule has 0 bridgehead atoms. The van der Waals surface area contributed by atoms with Gasteiger partial charge >= 0.3 is 0 Å². The smallest absolute Gasteiger partial charge is 0.253 e. The van der Waals surface area contributed by atoms with E-state index in [0.29, 0.717) is 0 Å². The monoisotopic (exact) mass is 128 g/mol. The van der Waals surface area contributed by atoms with Gasteiger partial charge in [-0.15, -0.1) is 0 Å². The second-order valence-electron chi connectivity index (χ2n) is 1.80. The van der Waals surface area contributed by atoms with E-state index < -0.39 is 11.8 Å². The fourth-order valence-corrected chi connectivity index (χ4v) is 0.631. The molecule has 0 spiro atoms. The fourth-order valence-electron chi connectivity index (χ4n) is 0.631. The van der Waals surface area contributed by atoms with Crippen LogP contribution in [0.15, 0.2) is 0 Å². The molecule has 1 rings (SSSR count). The Morgan fingerprint density at radius 3 is 2.11 bits per heavy atom. The van der Waals surface area contributed by atoms with Crippen LogP contribution in [-0.4, -0.2) is 22.1 Å². The Balaban J connectivity index is 2.62. The molecule has 0 aliphatic carbocycles. The van der Waals surface area contributed by atoms with Crippen LogP contribution in [-0.2, 0) is 9.59 Å². The summed E-state index contributed by atoms with van der Waals surface area (Å²) in [4.78, 5) is 20.9. The molecule has 1 aliphatic rings. The van der Waals surface area contributed by atoms with Crippen molar-refractivity contribution in [3.8, 4) is 0 Å². The number of hydrogen-bond acceptors (Lipinski definition) is 3. The highest BCUT2D eigenvalue weighted by Crippen LogP contribution is 2.07. The average Bonchev–Trinajstić information content (AvgIpc) is 1.83. The molecular weight excluding hydrogens is 122 g/mol. The second-order valence-corrected chi connectivity index (χ2v) is 1.80. The Morgan fingerprint density at radius 1 is 1.33 bits per heavy atom. The zero-order valence-corrected chi connectivity index (χ0v) is 4.70. The highest BCUT2D eigenvalue weighted by atomic mass is 16.5. The number of imide groups is 1. The number of hydroxylamine groups is 2. The maximum atomic E-state index is 10.4. The Kier molecular flexibility index (Phi) is 1.48. The van der Waals surface area contributed by atoms with Gasteiger partial charge in [0.2, 0.25) is 0 Å². The second kappa shape index (κ2) is 2.14. The third-order valence-electron chi connectivity index (χ3n) is 1.11. The van der Waals surface area contributed by atoms with Crippen LogP contribution >= 0.6 is 0 Å². The molecule has 1 radical (unpaired) electrons. The molecule has 9 heavy (non-hydrogen) atoms. The van der Waals surface area contributed by atoms with E-state index in [1.807, 2.05) is 0 Å². The van der Waals surface area contributed by atoms with Gasteiger partial charge < -0.3 is 0 Å². The van der Waals surface area contributed by atoms with Gasteiger partial charge in [-0.3, -0.25) is 14.8 Å². The van der Waals surface area contributed by atoms with Crippen LogP contribution in [0.25, 0.3) is 0 Å². The number of piperidine rings is 1. The summed E-state index contributed by atoms with van der Waals surface area (Å²) in [6, 6.07) is 0. The van der Waals surface area contributed by atoms with Gasteiger partial charge in [0.15, 0.2) is 0 Å². The topological polar surface area (TPSA) is 57.6 Å². The van der Waals surface area contributed by atoms with Crippen molar-refractivity contribution < 1.29 is 14.8 Å². The Morgan fingerprint density at radius 2 is 1.78 bits per heavy atom. The highest BCUT2D eigenvalue weighted by molar-refractivity contribution is 5.97. The van der Waals surface area contributed by atoms with Crippen molar-refractivity contribution in [1.82, 2.24) is 5.06 Å². The molecule has 49 valence electrons. The van der Waals surface area contributed by atoms with Crippen molar-refractivity contribution in [3.63, 3.8) is 0 Å². The molecule has 0 aromatic rings. The summed E-state index contributed by atoms with van der Waals surface area (Å²) in [6.07, 6.45) is 1.85. The van der Waals surface area contributed by atoms with E-state index in [-0.39, 0.29) is 17.9 Å². The van der Waals surface area contributed by atoms with Crippen molar-refractivity contribution in [2.75, 3.05) is 0 Å². The molecule has 4 nitrogen and oxygen atoms in total. The summed E-state index contributed by atoms with van der Waals surface area (Å²) >= 11 is 0. The summed E-state index contributed by atoms with van der Waals surface area (Å²) in [5.41, 5.74) is 0. The van der Waals surface area contributed by atoms with Gasteiger partial charge in [0.1, 0.15) is 0 Å². The Hall–Kier alpha value is -0.900. The first kappa shape index (κ1) is 6.22. The molecule has 2 amide bonds. The summed E-state index contributed by atoms with van der Waals surface area (Å²) in [5, 5.41) is 8.73. The Bertz CT molecular complexity index is 138. The van der Waals surface area contributed by atoms with E-state index in [0.717, 1.165) is 0 Å². The summed E-state index contributed by atoms with van der Waals surface area (Å²) < 4.78 is 0. The minimum Gasteiger partial charge on any atom is -0.279 e. The number of carbonyl (C=O) groups is 2. The maximum Gasteiger partial charge on any atom is 0.253 e. The minimum atomic E-state index is -0.550. The maximum absolute atomic E-state index is 10.4. The normalized spacial score (nSPS) is 20.8. The molecule has 0 atom stereocenters. The number of hydrogen-bond donors (Lipinski definition) is 1. The van der Waals surface area contributed by atoms with Gasteiger partial charge in [0.05, 0.1) is 0 Å². The van der Waals surface area contributed by atoms with E-state index in [4.69, 9.17) is 5.21 Å². The van der Waals surface area contributed by atoms with Crippen LogP contribution in [0.5, 0.6) is 0 Å². The molecule has 1 fully saturated rings. The van der Waals surface area contributed by atoms with Crippen LogP contribution in [0.3, 0.4) is 0 Å². The van der Waals surface area contributed by atoms with E-state index in [1.165, 1.54) is 6.42 Å². The molecule has 0 aromatic carbocycles. The number of carbonyl (C=O) groups excluding carboxylic acids is 2. The lowest BCUT2D eigenvalue weighted by Crippen LogP contribution is -2.37. The van der Waals surface area contributed by atoms with Gasteiger partial charge in [-0.1, -0.05) is 0 Å². The first-order chi connectivity index (χ1) is 4.22. The predicted molar refractivity (Wildman–Crippen MR) is 27.2 cm³/mol. The lowest BCUT2D eigenvalue weighted by atomic mass is 10.1. The highest BCUT2D eigenvalue weighted by Gasteiger charge is 2.23. The van der Waals surface area contributed by atoms with E-state index in [9.17, 15) is 9.59 Å². The zero-order chi connectivity index (χ0) is 6.85. The van der Waals surface area contributed by atoms with Crippen LogP contribution in [0.1, 0.15) is 12.8 Å². The van der Waals surface area contributed by atoms with Gasteiger partial charge in [-0.05, 0) is 6.42 Å². The fraction of sp³-hybridized carbons (Fsp3) is 0.400. The first-order valence-electron chi connectivity index (χ1n) is 2.58. The molecule has 0 unspecified atom stereocenters. The molecule has 1 saturated heterocycles. The summed E-state index contributed by atoms with van der Waals surface area (Å²) in [6.45, 7) is 0. The summed E-state index contributed by atoms with van der Waals surface area (Å²) in [7, 11) is 0. The van der Waals surface area contributed by atoms with Crippen molar-refractivity contribution in [2.45, 2.75) is 12.8 Å². The van der Waals surface area contributed by atoms with Crippen molar-refractivity contribution >= 4 is 11.8 Å². The van der Waals surface area contributed by atoms with Gasteiger partial charge in [0.25, 0.3) is 11.8 Å². The van der Waals surface area contributed by atoms with Crippen molar-refractivity contribution in [3.05, 3.63) is 6.42 Å². The Labute approximate surface area is 52.0 Å². The van der Waals surface area contributed by atoms with Gasteiger partial charge in [0, 0.05) is 12.8 Å². The molecular formula is C5H6NO3. The third-order valence-corrected chi connectivity index (χ3v) is 1.11. The standard InChI is InChI=1S/C5H6NO3/c7-4-2-1-3-5(8)6(4)9/h1,9H,2-3H2. The SMILES string of the molecule is O=C1C[CH]CC(=O)N1O. The summed E-state index contributed by atoms with van der Waals surface area (Å²) in [5.74, 6) is -1.10. The van der Waals surface area contributed by atoms with E-state index in [2.05, 4.69) is 0 Å². The average molecular weight is 128 g/mol. The minimum absolute atomic E-state index is 0.155. The predicted octanol–water partition coefficient (Wildman–Crippen LogP) is -0.271. The molecule has 1 heterocycles. The van der Waals surface area contributed by atoms with Gasteiger partial charge in [-0.2, -0.15) is 5.06 Å². The van der Waals surface area contributed by atoms with E-state index >= 15 is 0 Å². The van der Waals surface area contributed by atoms with Crippen molar-refractivity contribution in [1.29, 1.82) is 0 Å². The zero-order valence-electron chi connectivity index (χ0n) is 4.70. The molecule has 0 aromatic heterocycles. The molecule has 4 heteroatoms.